The first-order valence-corrected chi connectivity index (χ1v) is 7.38. The average molecular weight is 296 g/mol. The Morgan fingerprint density at radius 1 is 1.18 bits per heavy atom. The van der Waals surface area contributed by atoms with Gasteiger partial charge in [-0.05, 0) is 49.2 Å². The fraction of sp³-hybridized carbons (Fsp3) is 0.294. The molecule has 1 aromatic heterocycles. The van der Waals surface area contributed by atoms with Crippen LogP contribution in [0, 0.1) is 17.1 Å². The number of hydrogen-bond donors (Lipinski definition) is 1. The minimum Gasteiger partial charge on any atom is -0.382 e. The van der Waals surface area contributed by atoms with Gasteiger partial charge in [-0.25, -0.2) is 9.37 Å². The number of halogens is 1. The number of anilines is 2. The summed E-state index contributed by atoms with van der Waals surface area (Å²) in [6.07, 6.45) is 3.64. The molecule has 0 amide bonds. The molecule has 0 radical (unpaired) electrons. The molecule has 1 N–H and O–H groups in total. The van der Waals surface area contributed by atoms with Gasteiger partial charge in [-0.1, -0.05) is 0 Å². The zero-order valence-electron chi connectivity index (χ0n) is 12.2. The standard InChI is InChI=1S/C17H17FN4/c18-14-3-5-15(6-4-14)21-16-7-10-22(11-8-16)17-13(12-19)2-1-9-20-17/h1-6,9,16,21H,7-8,10-11H2. The molecule has 0 saturated carbocycles. The second-order valence-corrected chi connectivity index (χ2v) is 5.40. The number of pyridine rings is 1. The highest BCUT2D eigenvalue weighted by Gasteiger charge is 2.21. The van der Waals surface area contributed by atoms with E-state index in [2.05, 4.69) is 21.3 Å². The van der Waals surface area contributed by atoms with Gasteiger partial charge in [-0.3, -0.25) is 0 Å². The predicted octanol–water partition coefficient (Wildman–Crippen LogP) is 3.17. The third-order valence-corrected chi connectivity index (χ3v) is 3.92. The summed E-state index contributed by atoms with van der Waals surface area (Å²) in [4.78, 5) is 6.49. The topological polar surface area (TPSA) is 52.0 Å². The van der Waals surface area contributed by atoms with Crippen molar-refractivity contribution >= 4 is 11.5 Å². The number of hydrogen-bond acceptors (Lipinski definition) is 4. The van der Waals surface area contributed by atoms with E-state index in [-0.39, 0.29) is 5.82 Å². The van der Waals surface area contributed by atoms with Crippen molar-refractivity contribution in [2.75, 3.05) is 23.3 Å². The van der Waals surface area contributed by atoms with Crippen molar-refractivity contribution in [1.29, 1.82) is 5.26 Å². The van der Waals surface area contributed by atoms with Crippen molar-refractivity contribution in [2.24, 2.45) is 0 Å². The minimum absolute atomic E-state index is 0.223. The Balaban J connectivity index is 1.61. The smallest absolute Gasteiger partial charge is 0.146 e. The quantitative estimate of drug-likeness (QED) is 0.945. The van der Waals surface area contributed by atoms with Crippen molar-refractivity contribution in [1.82, 2.24) is 4.98 Å². The van der Waals surface area contributed by atoms with Gasteiger partial charge in [-0.2, -0.15) is 5.26 Å². The minimum atomic E-state index is -0.223. The molecule has 0 bridgehead atoms. The van der Waals surface area contributed by atoms with Gasteiger partial charge in [0.15, 0.2) is 0 Å². The Kier molecular flexibility index (Phi) is 4.19. The van der Waals surface area contributed by atoms with Gasteiger partial charge in [0.1, 0.15) is 17.7 Å². The van der Waals surface area contributed by atoms with Crippen LogP contribution in [0.15, 0.2) is 42.6 Å². The van der Waals surface area contributed by atoms with E-state index in [1.807, 2.05) is 0 Å². The lowest BCUT2D eigenvalue weighted by molar-refractivity contribution is 0.523. The molecule has 1 aliphatic heterocycles. The van der Waals surface area contributed by atoms with Gasteiger partial charge in [0.05, 0.1) is 5.56 Å². The molecule has 0 aliphatic carbocycles. The summed E-state index contributed by atoms with van der Waals surface area (Å²) in [7, 11) is 0. The van der Waals surface area contributed by atoms with E-state index in [1.165, 1.54) is 12.1 Å². The van der Waals surface area contributed by atoms with Crippen molar-refractivity contribution in [2.45, 2.75) is 18.9 Å². The van der Waals surface area contributed by atoms with E-state index in [1.54, 1.807) is 30.5 Å². The first-order chi connectivity index (χ1) is 10.8. The highest BCUT2D eigenvalue weighted by Crippen LogP contribution is 2.23. The number of aromatic nitrogens is 1. The predicted molar refractivity (Wildman–Crippen MR) is 84.2 cm³/mol. The van der Waals surface area contributed by atoms with E-state index in [4.69, 9.17) is 5.26 Å². The second-order valence-electron chi connectivity index (χ2n) is 5.40. The average Bonchev–Trinajstić information content (AvgIpc) is 2.58. The Hall–Kier alpha value is -2.61. The van der Waals surface area contributed by atoms with Crippen LogP contribution in [0.1, 0.15) is 18.4 Å². The summed E-state index contributed by atoms with van der Waals surface area (Å²) in [6, 6.07) is 12.6. The van der Waals surface area contributed by atoms with Crippen LogP contribution in [0.4, 0.5) is 15.9 Å². The Bertz CT molecular complexity index is 670. The fourth-order valence-electron chi connectivity index (χ4n) is 2.75. The highest BCUT2D eigenvalue weighted by molar-refractivity contribution is 5.54. The number of nitrogens with zero attached hydrogens (tertiary/aromatic N) is 3. The molecule has 2 heterocycles. The molecule has 1 fully saturated rings. The molecule has 1 aromatic carbocycles. The number of rotatable bonds is 3. The molecule has 0 atom stereocenters. The van der Waals surface area contributed by atoms with Gasteiger partial charge in [-0.15, -0.1) is 0 Å². The zero-order valence-corrected chi connectivity index (χ0v) is 12.2. The Morgan fingerprint density at radius 2 is 1.91 bits per heavy atom. The lowest BCUT2D eigenvalue weighted by Gasteiger charge is -2.34. The number of nitrogens with one attached hydrogen (secondary N) is 1. The molecule has 1 saturated heterocycles. The molecule has 22 heavy (non-hydrogen) atoms. The highest BCUT2D eigenvalue weighted by atomic mass is 19.1. The first kappa shape index (κ1) is 14.3. The van der Waals surface area contributed by atoms with Gasteiger partial charge in [0.2, 0.25) is 0 Å². The molecular formula is C17H17FN4. The summed E-state index contributed by atoms with van der Waals surface area (Å²) >= 11 is 0. The maximum atomic E-state index is 12.9. The van der Waals surface area contributed by atoms with Gasteiger partial charge < -0.3 is 10.2 Å². The fourth-order valence-corrected chi connectivity index (χ4v) is 2.75. The molecule has 3 rings (SSSR count). The molecule has 1 aliphatic rings. The molecule has 0 spiro atoms. The van der Waals surface area contributed by atoms with Crippen LogP contribution in [0.5, 0.6) is 0 Å². The van der Waals surface area contributed by atoms with Crippen molar-refractivity contribution in [3.63, 3.8) is 0 Å². The summed E-state index contributed by atoms with van der Waals surface area (Å²) in [5.41, 5.74) is 1.56. The third kappa shape index (κ3) is 3.17. The van der Waals surface area contributed by atoms with E-state index < -0.39 is 0 Å². The zero-order chi connectivity index (χ0) is 15.4. The van der Waals surface area contributed by atoms with Crippen LogP contribution < -0.4 is 10.2 Å². The SMILES string of the molecule is N#Cc1cccnc1N1CCC(Nc2ccc(F)cc2)CC1. The van der Waals surface area contributed by atoms with Crippen molar-refractivity contribution in [3.8, 4) is 6.07 Å². The van der Waals surface area contributed by atoms with Gasteiger partial charge >= 0.3 is 0 Å². The lowest BCUT2D eigenvalue weighted by Crippen LogP contribution is -2.39. The Morgan fingerprint density at radius 3 is 2.59 bits per heavy atom. The molecule has 112 valence electrons. The van der Waals surface area contributed by atoms with Crippen molar-refractivity contribution in [3.05, 3.63) is 54.0 Å². The first-order valence-electron chi connectivity index (χ1n) is 7.38. The van der Waals surface area contributed by atoms with E-state index in [9.17, 15) is 4.39 Å². The van der Waals surface area contributed by atoms with E-state index in [0.717, 1.165) is 37.4 Å². The summed E-state index contributed by atoms with van der Waals surface area (Å²) < 4.78 is 12.9. The maximum absolute atomic E-state index is 12.9. The summed E-state index contributed by atoms with van der Waals surface area (Å²) in [5, 5.41) is 12.6. The van der Waals surface area contributed by atoms with Crippen LogP contribution >= 0.6 is 0 Å². The van der Waals surface area contributed by atoms with Crippen LogP contribution in [-0.4, -0.2) is 24.1 Å². The molecule has 4 nitrogen and oxygen atoms in total. The molecule has 2 aromatic rings. The third-order valence-electron chi connectivity index (χ3n) is 3.92. The van der Waals surface area contributed by atoms with E-state index in [0.29, 0.717) is 11.6 Å². The Labute approximate surface area is 129 Å². The second kappa shape index (κ2) is 6.44. The summed E-state index contributed by atoms with van der Waals surface area (Å²) in [6.45, 7) is 1.70. The number of nitriles is 1. The normalized spacial score (nSPS) is 15.4. The van der Waals surface area contributed by atoms with E-state index >= 15 is 0 Å². The number of benzene rings is 1. The van der Waals surface area contributed by atoms with Gasteiger partial charge in [0, 0.05) is 31.0 Å². The number of piperidine rings is 1. The monoisotopic (exact) mass is 296 g/mol. The van der Waals surface area contributed by atoms with Crippen LogP contribution in [0.2, 0.25) is 0 Å². The van der Waals surface area contributed by atoms with Gasteiger partial charge in [0.25, 0.3) is 0 Å². The molecule has 0 unspecified atom stereocenters. The lowest BCUT2D eigenvalue weighted by atomic mass is 10.0. The summed E-state index contributed by atoms with van der Waals surface area (Å²) in [5.74, 6) is 0.546. The van der Waals surface area contributed by atoms with Crippen LogP contribution in [-0.2, 0) is 0 Å². The molecular weight excluding hydrogens is 279 g/mol. The largest absolute Gasteiger partial charge is 0.382 e. The maximum Gasteiger partial charge on any atom is 0.146 e. The van der Waals surface area contributed by atoms with Crippen LogP contribution in [0.25, 0.3) is 0 Å². The van der Waals surface area contributed by atoms with Crippen molar-refractivity contribution < 1.29 is 4.39 Å². The van der Waals surface area contributed by atoms with Crippen LogP contribution in [0.3, 0.4) is 0 Å². The molecule has 5 heteroatoms.